The van der Waals surface area contributed by atoms with Gasteiger partial charge in [0.15, 0.2) is 0 Å². The first-order valence-corrected chi connectivity index (χ1v) is 18.7. The summed E-state index contributed by atoms with van der Waals surface area (Å²) < 4.78 is 33.3. The van der Waals surface area contributed by atoms with E-state index in [-0.39, 0.29) is 25.3 Å². The van der Waals surface area contributed by atoms with Crippen LogP contribution in [0.2, 0.25) is 0 Å². The molecule has 2 aliphatic carbocycles. The van der Waals surface area contributed by atoms with Gasteiger partial charge in [-0.1, -0.05) is 38.1 Å². The van der Waals surface area contributed by atoms with Crippen molar-refractivity contribution < 1.29 is 37.1 Å². The Morgan fingerprint density at radius 1 is 1.12 bits per heavy atom. The van der Waals surface area contributed by atoms with Crippen LogP contribution in [-0.4, -0.2) is 102 Å². The summed E-state index contributed by atoms with van der Waals surface area (Å²) in [4.78, 5) is 72.9. The number of hydrogen-bond donors (Lipinski definition) is 3. The van der Waals surface area contributed by atoms with Crippen LogP contribution in [0, 0.1) is 11.8 Å². The highest BCUT2D eigenvalue weighted by atomic mass is 32.2. The summed E-state index contributed by atoms with van der Waals surface area (Å²) in [6.45, 7) is 8.44. The van der Waals surface area contributed by atoms with Crippen molar-refractivity contribution in [3.05, 3.63) is 47.5 Å². The van der Waals surface area contributed by atoms with Gasteiger partial charge in [0, 0.05) is 39.0 Å². The van der Waals surface area contributed by atoms with E-state index in [0.717, 1.165) is 36.0 Å². The average Bonchev–Trinajstić information content (AvgIpc) is 3.95. The van der Waals surface area contributed by atoms with Crippen LogP contribution in [0.4, 0.5) is 9.59 Å². The molecular weight excluding hydrogens is 652 g/mol. The molecular formula is C34H46N6O8S. The first kappa shape index (κ1) is 34.7. The molecule has 1 aromatic carbocycles. The highest BCUT2D eigenvalue weighted by Gasteiger charge is 2.62. The van der Waals surface area contributed by atoms with E-state index in [1.165, 1.54) is 11.0 Å². The van der Waals surface area contributed by atoms with Crippen LogP contribution >= 0.6 is 0 Å². The Bertz CT molecular complexity index is 1660. The lowest BCUT2D eigenvalue weighted by atomic mass is 9.99. The number of urea groups is 1. The maximum absolute atomic E-state index is 14.2. The molecule has 4 bridgehead atoms. The minimum atomic E-state index is -3.89. The Kier molecular flexibility index (Phi) is 9.42. The lowest BCUT2D eigenvalue weighted by Gasteiger charge is -2.32. The van der Waals surface area contributed by atoms with Gasteiger partial charge in [0.05, 0.1) is 11.8 Å². The molecule has 1 aromatic rings. The SMILES string of the molecule is C=C[C@H]1C[C@]1(NC(=O)[C@@H]1C[C@@H]2CN1C(=O)[C@H](C(C)C)NC(=O)N(C)CCCCc1cccc3c1CN(C3)C(=O)O2)C(=O)NS(=O)(=O)C1CC1. The number of hydrogen-bond acceptors (Lipinski definition) is 8. The van der Waals surface area contributed by atoms with E-state index in [1.807, 2.05) is 12.1 Å². The zero-order valence-corrected chi connectivity index (χ0v) is 29.1. The second kappa shape index (κ2) is 13.3. The molecule has 14 nitrogen and oxygen atoms in total. The van der Waals surface area contributed by atoms with Gasteiger partial charge in [-0.15, -0.1) is 6.58 Å². The number of sulfonamides is 1. The molecule has 6 amide bonds. The average molecular weight is 699 g/mol. The number of carbonyl (C=O) groups is 5. The molecule has 2 saturated carbocycles. The summed E-state index contributed by atoms with van der Waals surface area (Å²) in [5.41, 5.74) is 1.72. The van der Waals surface area contributed by atoms with Crippen molar-refractivity contribution in [2.45, 2.75) is 101 Å². The predicted molar refractivity (Wildman–Crippen MR) is 178 cm³/mol. The molecule has 15 heteroatoms. The Morgan fingerprint density at radius 2 is 1.86 bits per heavy atom. The Hall–Kier alpha value is -4.14. The minimum Gasteiger partial charge on any atom is -0.444 e. The van der Waals surface area contributed by atoms with E-state index in [4.69, 9.17) is 4.74 Å². The van der Waals surface area contributed by atoms with Crippen LogP contribution < -0.4 is 15.4 Å². The third kappa shape index (κ3) is 6.99. The van der Waals surface area contributed by atoms with Gasteiger partial charge >= 0.3 is 12.1 Å². The minimum absolute atomic E-state index is 0.0508. The van der Waals surface area contributed by atoms with Crippen LogP contribution in [-0.2, 0) is 48.7 Å². The van der Waals surface area contributed by atoms with E-state index < -0.39 is 74.8 Å². The molecule has 5 aliphatic rings. The van der Waals surface area contributed by atoms with Crippen LogP contribution in [0.5, 0.6) is 0 Å². The quantitative estimate of drug-likeness (QED) is 0.362. The Balaban J connectivity index is 1.27. The number of aryl methyl sites for hydroxylation is 1. The molecule has 6 rings (SSSR count). The number of nitrogens with zero attached hydrogens (tertiary/aromatic N) is 3. The van der Waals surface area contributed by atoms with Crippen molar-refractivity contribution >= 4 is 39.9 Å². The van der Waals surface area contributed by atoms with Crippen molar-refractivity contribution in [3.63, 3.8) is 0 Å². The zero-order chi connectivity index (χ0) is 35.2. The van der Waals surface area contributed by atoms with Gasteiger partial charge in [-0.25, -0.2) is 18.0 Å². The van der Waals surface area contributed by atoms with Gasteiger partial charge in [0.2, 0.25) is 21.8 Å². The third-order valence-electron chi connectivity index (χ3n) is 10.5. The van der Waals surface area contributed by atoms with Crippen molar-refractivity contribution in [3.8, 4) is 0 Å². The maximum Gasteiger partial charge on any atom is 0.410 e. The third-order valence-corrected chi connectivity index (χ3v) is 12.3. The van der Waals surface area contributed by atoms with Crippen molar-refractivity contribution in [2.24, 2.45) is 11.8 Å². The van der Waals surface area contributed by atoms with E-state index in [2.05, 4.69) is 28.0 Å². The summed E-state index contributed by atoms with van der Waals surface area (Å²) in [6, 6.07) is 3.44. The fraction of sp³-hybridized carbons (Fsp3) is 0.618. The van der Waals surface area contributed by atoms with Crippen LogP contribution in [0.25, 0.3) is 0 Å². The second-order valence-corrected chi connectivity index (χ2v) is 16.4. The van der Waals surface area contributed by atoms with Crippen LogP contribution in [0.15, 0.2) is 30.9 Å². The number of carbonyl (C=O) groups excluding carboxylic acids is 5. The molecule has 3 fully saturated rings. The van der Waals surface area contributed by atoms with Gasteiger partial charge in [-0.3, -0.25) is 24.0 Å². The summed E-state index contributed by atoms with van der Waals surface area (Å²) in [5, 5.41) is 4.95. The Morgan fingerprint density at radius 3 is 2.53 bits per heavy atom. The first-order valence-electron chi connectivity index (χ1n) is 17.1. The monoisotopic (exact) mass is 698 g/mol. The van der Waals surface area contributed by atoms with Gasteiger partial charge in [-0.2, -0.15) is 0 Å². The normalized spacial score (nSPS) is 29.1. The van der Waals surface area contributed by atoms with Gasteiger partial charge in [0.25, 0.3) is 5.91 Å². The molecule has 3 aliphatic heterocycles. The van der Waals surface area contributed by atoms with E-state index in [9.17, 15) is 32.4 Å². The number of ether oxygens (including phenoxy) is 1. The van der Waals surface area contributed by atoms with Gasteiger partial charge in [0.1, 0.15) is 23.7 Å². The van der Waals surface area contributed by atoms with E-state index >= 15 is 0 Å². The van der Waals surface area contributed by atoms with Crippen LogP contribution in [0.1, 0.15) is 69.1 Å². The molecule has 1 saturated heterocycles. The maximum atomic E-state index is 14.2. The molecule has 0 unspecified atom stereocenters. The fourth-order valence-electron chi connectivity index (χ4n) is 7.17. The number of benzene rings is 1. The molecule has 0 radical (unpaired) electrons. The topological polar surface area (TPSA) is 175 Å². The standard InChI is InChI=1S/C34H46N6O8S/c1-5-23-16-34(23,31(43)37-49(46,47)25-12-13-25)36-29(41)27-15-24-18-40(27)30(42)28(20(2)3)35-32(44)38(4)14-7-6-9-21-10-8-11-22-17-39(19-26(21)22)33(45)48-24/h5,8,10-11,20,23-25,27-28H,1,6-7,9,12-19H2,2-4H3,(H,35,44)(H,36,41)(H,37,43)/t23-,24+,27-,28-,34+/m0/s1. The summed E-state index contributed by atoms with van der Waals surface area (Å²) >= 11 is 0. The summed E-state index contributed by atoms with van der Waals surface area (Å²) in [7, 11) is -2.21. The number of amides is 6. The number of rotatable bonds is 7. The van der Waals surface area contributed by atoms with Gasteiger partial charge < -0.3 is 25.2 Å². The predicted octanol–water partition coefficient (Wildman–Crippen LogP) is 1.78. The van der Waals surface area contributed by atoms with E-state index in [1.54, 1.807) is 30.7 Å². The summed E-state index contributed by atoms with van der Waals surface area (Å²) in [6.07, 6.45) is 3.44. The molecule has 0 spiro atoms. The largest absolute Gasteiger partial charge is 0.444 e. The number of nitrogens with one attached hydrogen (secondary N) is 3. The Labute approximate surface area is 287 Å². The second-order valence-electron chi connectivity index (χ2n) is 14.4. The zero-order valence-electron chi connectivity index (χ0n) is 28.3. The molecule has 5 atom stereocenters. The van der Waals surface area contributed by atoms with E-state index in [0.29, 0.717) is 32.5 Å². The molecule has 266 valence electrons. The van der Waals surface area contributed by atoms with Crippen LogP contribution in [0.3, 0.4) is 0 Å². The molecule has 49 heavy (non-hydrogen) atoms. The smallest absolute Gasteiger partial charge is 0.410 e. The fourth-order valence-corrected chi connectivity index (χ4v) is 8.53. The molecule has 3 heterocycles. The molecule has 3 N–H and O–H groups in total. The van der Waals surface area contributed by atoms with Crippen molar-refractivity contribution in [2.75, 3.05) is 20.1 Å². The van der Waals surface area contributed by atoms with Crippen molar-refractivity contribution in [1.29, 1.82) is 0 Å². The number of fused-ring (bicyclic) bond motifs is 3. The highest BCUT2D eigenvalue weighted by Crippen LogP contribution is 2.45. The first-order chi connectivity index (χ1) is 23.2. The molecule has 0 aromatic heterocycles. The van der Waals surface area contributed by atoms with Gasteiger partial charge in [-0.05, 0) is 61.1 Å². The lowest BCUT2D eigenvalue weighted by Crippen LogP contribution is -2.59. The highest BCUT2D eigenvalue weighted by molar-refractivity contribution is 7.91. The summed E-state index contributed by atoms with van der Waals surface area (Å²) in [5.74, 6) is -2.94. The van der Waals surface area contributed by atoms with Crippen molar-refractivity contribution in [1.82, 2.24) is 30.1 Å². The lowest BCUT2D eigenvalue weighted by molar-refractivity contribution is -0.141.